The van der Waals surface area contributed by atoms with Gasteiger partial charge in [-0.2, -0.15) is 10.3 Å². The van der Waals surface area contributed by atoms with Crippen LogP contribution in [0.1, 0.15) is 19.8 Å². The Morgan fingerprint density at radius 1 is 1.59 bits per heavy atom. The van der Waals surface area contributed by atoms with Gasteiger partial charge >= 0.3 is 6.09 Å². The van der Waals surface area contributed by atoms with E-state index in [-0.39, 0.29) is 37.7 Å². The van der Waals surface area contributed by atoms with E-state index in [0.717, 1.165) is 0 Å². The molecule has 7 nitrogen and oxygen atoms in total. The highest BCUT2D eigenvalue weighted by molar-refractivity contribution is 6.00. The molecular weight excluding hydrogens is 224 g/mol. The molecule has 0 spiro atoms. The van der Waals surface area contributed by atoms with Gasteiger partial charge in [0.15, 0.2) is 6.61 Å². The predicted octanol–water partition coefficient (Wildman–Crippen LogP) is 0.881. The molecule has 0 aromatic carbocycles. The Balaban J connectivity index is 4.00. The lowest BCUT2D eigenvalue weighted by Crippen LogP contribution is -2.28. The number of hydrogen-bond donors (Lipinski definition) is 1. The lowest BCUT2D eigenvalue weighted by atomic mass is 10.3. The fraction of sp³-hybridized carbons (Fsp3) is 0.500. The van der Waals surface area contributed by atoms with Crippen molar-refractivity contribution in [2.75, 3.05) is 13.2 Å². The molecular formula is C10H12N4O3. The average molecular weight is 236 g/mol. The molecule has 0 radical (unpaired) electrons. The molecule has 0 bridgehead atoms. The van der Waals surface area contributed by atoms with Gasteiger partial charge in [0.2, 0.25) is 12.5 Å². The van der Waals surface area contributed by atoms with Gasteiger partial charge in [0.25, 0.3) is 0 Å². The number of ether oxygens (including phenoxy) is 1. The van der Waals surface area contributed by atoms with Gasteiger partial charge in [-0.3, -0.25) is 4.79 Å². The molecule has 0 atom stereocenters. The van der Waals surface area contributed by atoms with Crippen molar-refractivity contribution in [2.24, 2.45) is 4.99 Å². The Morgan fingerprint density at radius 2 is 2.29 bits per heavy atom. The maximum atomic E-state index is 11.1. The highest BCUT2D eigenvalue weighted by Crippen LogP contribution is 1.89. The van der Waals surface area contributed by atoms with Gasteiger partial charge in [0, 0.05) is 12.8 Å². The summed E-state index contributed by atoms with van der Waals surface area (Å²) in [6.07, 6.45) is -0.697. The molecule has 1 N–H and O–H groups in total. The quantitative estimate of drug-likeness (QED) is 0.339. The van der Waals surface area contributed by atoms with Crippen LogP contribution in [-0.4, -0.2) is 31.0 Å². The summed E-state index contributed by atoms with van der Waals surface area (Å²) in [7, 11) is 0. The summed E-state index contributed by atoms with van der Waals surface area (Å²) in [6.45, 7) is 7.94. The van der Waals surface area contributed by atoms with Crippen molar-refractivity contribution in [1.29, 1.82) is 5.26 Å². The molecule has 0 rings (SSSR count). The van der Waals surface area contributed by atoms with Crippen LogP contribution in [0.25, 0.3) is 4.85 Å². The van der Waals surface area contributed by atoms with Crippen LogP contribution in [0.15, 0.2) is 4.99 Å². The molecule has 0 saturated carbocycles. The second-order valence-electron chi connectivity index (χ2n) is 2.90. The number of amidine groups is 1. The minimum Gasteiger partial charge on any atom is -0.440 e. The van der Waals surface area contributed by atoms with Crippen LogP contribution in [0.2, 0.25) is 0 Å². The number of rotatable bonds is 4. The average Bonchev–Trinajstić information content (AvgIpc) is 2.26. The van der Waals surface area contributed by atoms with Gasteiger partial charge in [-0.1, -0.05) is 0 Å². The number of carbonyl (C=O) groups is 2. The molecule has 0 aromatic rings. The van der Waals surface area contributed by atoms with E-state index in [1.165, 1.54) is 6.92 Å². The standard InChI is InChI=1S/C10H12N4O3/c1-8(13-9(15)4-3-5-11)14-10(16)17-7-6-12-2/h3-4,6-7H2,1H3,(H,13,14,15,16). The second kappa shape index (κ2) is 8.86. The van der Waals surface area contributed by atoms with E-state index in [1.54, 1.807) is 0 Å². The second-order valence-corrected chi connectivity index (χ2v) is 2.90. The van der Waals surface area contributed by atoms with Crippen LogP contribution in [0.3, 0.4) is 0 Å². The minimum atomic E-state index is -0.855. The Morgan fingerprint density at radius 3 is 2.88 bits per heavy atom. The van der Waals surface area contributed by atoms with E-state index in [9.17, 15) is 9.59 Å². The number of nitrogens with zero attached hydrogens (tertiary/aromatic N) is 3. The van der Waals surface area contributed by atoms with E-state index in [0.29, 0.717) is 0 Å². The molecule has 0 fully saturated rings. The molecule has 0 saturated heterocycles. The van der Waals surface area contributed by atoms with E-state index < -0.39 is 6.09 Å². The van der Waals surface area contributed by atoms with Crippen molar-refractivity contribution >= 4 is 17.8 Å². The third kappa shape index (κ3) is 8.58. The number of nitriles is 1. The first kappa shape index (κ1) is 14.6. The molecule has 0 heterocycles. The van der Waals surface area contributed by atoms with E-state index in [2.05, 4.69) is 19.9 Å². The summed E-state index contributed by atoms with van der Waals surface area (Å²) in [6, 6.07) is 1.83. The van der Waals surface area contributed by atoms with Crippen molar-refractivity contribution in [3.8, 4) is 6.07 Å². The lowest BCUT2D eigenvalue weighted by Gasteiger charge is -2.02. The fourth-order valence-corrected chi connectivity index (χ4v) is 0.809. The SMILES string of the molecule is [C-]#[N+]CCOC(=O)/N=C(\C)NC(=O)CCC#N. The van der Waals surface area contributed by atoms with Gasteiger partial charge in [0.1, 0.15) is 5.84 Å². The van der Waals surface area contributed by atoms with Gasteiger partial charge in [-0.15, -0.1) is 0 Å². The number of carbonyl (C=O) groups excluding carboxylic acids is 2. The van der Waals surface area contributed by atoms with Crippen molar-refractivity contribution in [2.45, 2.75) is 19.8 Å². The smallest absolute Gasteiger partial charge is 0.435 e. The summed E-state index contributed by atoms with van der Waals surface area (Å²) in [5, 5.41) is 10.6. The van der Waals surface area contributed by atoms with Crippen LogP contribution >= 0.6 is 0 Å². The number of nitrogens with one attached hydrogen (secondary N) is 1. The highest BCUT2D eigenvalue weighted by atomic mass is 16.5. The number of hydrogen-bond acceptors (Lipinski definition) is 4. The Kier molecular flexibility index (Phi) is 7.61. The topological polar surface area (TPSA) is 95.9 Å². The molecule has 0 aromatic heterocycles. The maximum absolute atomic E-state index is 11.1. The maximum Gasteiger partial charge on any atom is 0.435 e. The summed E-state index contributed by atoms with van der Waals surface area (Å²) in [4.78, 5) is 28.6. The van der Waals surface area contributed by atoms with E-state index in [4.69, 9.17) is 11.8 Å². The first-order valence-corrected chi connectivity index (χ1v) is 4.82. The molecule has 17 heavy (non-hydrogen) atoms. The van der Waals surface area contributed by atoms with Crippen molar-refractivity contribution in [1.82, 2.24) is 5.32 Å². The minimum absolute atomic E-state index is 0.0263. The first-order chi connectivity index (χ1) is 8.10. The zero-order chi connectivity index (χ0) is 13.1. The molecule has 7 heteroatoms. The zero-order valence-corrected chi connectivity index (χ0v) is 9.39. The molecule has 0 unspecified atom stereocenters. The van der Waals surface area contributed by atoms with Crippen LogP contribution in [0, 0.1) is 17.9 Å². The van der Waals surface area contributed by atoms with Crippen LogP contribution < -0.4 is 5.32 Å². The van der Waals surface area contributed by atoms with Crippen LogP contribution in [0.4, 0.5) is 4.79 Å². The Labute approximate surface area is 98.9 Å². The lowest BCUT2D eigenvalue weighted by molar-refractivity contribution is -0.119. The zero-order valence-electron chi connectivity index (χ0n) is 9.39. The summed E-state index contributed by atoms with van der Waals surface area (Å²) >= 11 is 0. The third-order valence-corrected chi connectivity index (χ3v) is 1.47. The molecule has 0 aliphatic rings. The first-order valence-electron chi connectivity index (χ1n) is 4.82. The number of aliphatic imine (C=N–C) groups is 1. The summed E-state index contributed by atoms with van der Waals surface area (Å²) in [5.74, 6) is -0.289. The van der Waals surface area contributed by atoms with Crippen LogP contribution in [-0.2, 0) is 9.53 Å². The van der Waals surface area contributed by atoms with Crippen LogP contribution in [0.5, 0.6) is 0 Å². The molecule has 2 amide bonds. The predicted molar refractivity (Wildman–Crippen MR) is 58.9 cm³/mol. The van der Waals surface area contributed by atoms with Crippen molar-refractivity contribution in [3.63, 3.8) is 0 Å². The summed E-state index contributed by atoms with van der Waals surface area (Å²) in [5.41, 5.74) is 0. The number of amides is 2. The Hall–Kier alpha value is -2.41. The van der Waals surface area contributed by atoms with Crippen molar-refractivity contribution in [3.05, 3.63) is 11.4 Å². The monoisotopic (exact) mass is 236 g/mol. The van der Waals surface area contributed by atoms with Gasteiger partial charge in [0.05, 0.1) is 6.07 Å². The van der Waals surface area contributed by atoms with Gasteiger partial charge in [-0.25, -0.2) is 11.4 Å². The molecule has 0 aliphatic carbocycles. The van der Waals surface area contributed by atoms with E-state index in [1.807, 2.05) is 6.07 Å². The third-order valence-electron chi connectivity index (χ3n) is 1.47. The molecule has 0 aliphatic heterocycles. The fourth-order valence-electron chi connectivity index (χ4n) is 0.809. The largest absolute Gasteiger partial charge is 0.440 e. The van der Waals surface area contributed by atoms with E-state index >= 15 is 0 Å². The van der Waals surface area contributed by atoms with Crippen molar-refractivity contribution < 1.29 is 14.3 Å². The highest BCUT2D eigenvalue weighted by Gasteiger charge is 2.05. The summed E-state index contributed by atoms with van der Waals surface area (Å²) < 4.78 is 4.57. The van der Waals surface area contributed by atoms with Gasteiger partial charge in [-0.05, 0) is 6.92 Å². The Bertz CT molecular complexity index is 389. The normalized spacial score (nSPS) is 9.94. The molecule has 90 valence electrons. The van der Waals surface area contributed by atoms with Gasteiger partial charge < -0.3 is 14.9 Å².